The second kappa shape index (κ2) is 6.66. The molecule has 1 aliphatic rings. The summed E-state index contributed by atoms with van der Waals surface area (Å²) in [5.41, 5.74) is 3.88. The van der Waals surface area contributed by atoms with Gasteiger partial charge in [-0.15, -0.1) is 0 Å². The molecule has 0 radical (unpaired) electrons. The van der Waals surface area contributed by atoms with Gasteiger partial charge in [0.1, 0.15) is 5.60 Å². The van der Waals surface area contributed by atoms with Gasteiger partial charge in [0.05, 0.1) is 34.8 Å². The predicted octanol–water partition coefficient (Wildman–Crippen LogP) is 3.45. The van der Waals surface area contributed by atoms with Crippen LogP contribution in [0.25, 0.3) is 16.9 Å². The highest BCUT2D eigenvalue weighted by molar-refractivity contribution is 5.63. The van der Waals surface area contributed by atoms with E-state index in [1.807, 2.05) is 49.4 Å². The molecule has 0 spiro atoms. The summed E-state index contributed by atoms with van der Waals surface area (Å²) in [4.78, 5) is 0. The summed E-state index contributed by atoms with van der Waals surface area (Å²) in [5.74, 6) is 0. The topological polar surface area (TPSA) is 82.1 Å². The lowest BCUT2D eigenvalue weighted by Crippen LogP contribution is -2.23. The van der Waals surface area contributed by atoms with Crippen LogP contribution in [0.1, 0.15) is 36.1 Å². The summed E-state index contributed by atoms with van der Waals surface area (Å²) in [6.45, 7) is 2.04. The van der Waals surface area contributed by atoms with Gasteiger partial charge < -0.3 is 10.2 Å². The van der Waals surface area contributed by atoms with Crippen LogP contribution in [0, 0.1) is 18.3 Å². The van der Waals surface area contributed by atoms with E-state index < -0.39 is 11.7 Å². The van der Waals surface area contributed by atoms with E-state index >= 15 is 0 Å². The smallest absolute Gasteiger partial charge is 0.111 e. The van der Waals surface area contributed by atoms with Gasteiger partial charge in [-0.2, -0.15) is 10.4 Å². The van der Waals surface area contributed by atoms with Crippen molar-refractivity contribution in [3.05, 3.63) is 71.4 Å². The largest absolute Gasteiger partial charge is 0.393 e. The molecule has 0 amide bonds. The first-order valence-corrected chi connectivity index (χ1v) is 9.07. The molecular weight excluding hydrogens is 338 g/mol. The number of nitrogens with zero attached hydrogens (tertiary/aromatic N) is 3. The average Bonchev–Trinajstić information content (AvgIpc) is 3.27. The molecule has 27 heavy (non-hydrogen) atoms. The van der Waals surface area contributed by atoms with Crippen LogP contribution in [0.2, 0.25) is 0 Å². The number of hydrogen-bond donors (Lipinski definition) is 2. The first kappa shape index (κ1) is 17.5. The molecule has 1 fully saturated rings. The Hall–Kier alpha value is -2.94. The van der Waals surface area contributed by atoms with Gasteiger partial charge in [0.25, 0.3) is 0 Å². The maximum Gasteiger partial charge on any atom is 0.111 e. The first-order chi connectivity index (χ1) is 13.0. The van der Waals surface area contributed by atoms with Gasteiger partial charge in [0.2, 0.25) is 0 Å². The summed E-state index contributed by atoms with van der Waals surface area (Å²) in [6, 6.07) is 19.4. The molecule has 136 valence electrons. The zero-order valence-electron chi connectivity index (χ0n) is 15.1. The third-order valence-electron chi connectivity index (χ3n) is 5.24. The van der Waals surface area contributed by atoms with E-state index in [0.29, 0.717) is 30.5 Å². The molecule has 1 heterocycles. The van der Waals surface area contributed by atoms with Crippen molar-refractivity contribution in [3.8, 4) is 23.0 Å². The quantitative estimate of drug-likeness (QED) is 0.750. The third kappa shape index (κ3) is 3.25. The Morgan fingerprint density at radius 1 is 1.15 bits per heavy atom. The molecule has 5 heteroatoms. The number of aromatic nitrogens is 2. The lowest BCUT2D eigenvalue weighted by molar-refractivity contribution is 0.0246. The minimum atomic E-state index is -1.11. The maximum absolute atomic E-state index is 11.0. The maximum atomic E-state index is 11.0. The van der Waals surface area contributed by atoms with Crippen molar-refractivity contribution in [2.45, 2.75) is 37.9 Å². The van der Waals surface area contributed by atoms with Gasteiger partial charge in [-0.25, -0.2) is 4.68 Å². The highest BCUT2D eigenvalue weighted by Gasteiger charge is 2.40. The molecule has 4 rings (SSSR count). The van der Waals surface area contributed by atoms with E-state index in [1.54, 1.807) is 16.8 Å². The van der Waals surface area contributed by atoms with Crippen LogP contribution in [0.15, 0.2) is 54.6 Å². The SMILES string of the molecule is Cc1ccc(-c2cc([C@@]3(O)CCC(O)C3)nn2-c2ccc(C#N)cc2)cc1. The molecule has 1 unspecified atom stereocenters. The van der Waals surface area contributed by atoms with Crippen molar-refractivity contribution in [1.29, 1.82) is 5.26 Å². The predicted molar refractivity (Wildman–Crippen MR) is 102 cm³/mol. The van der Waals surface area contributed by atoms with Gasteiger partial charge >= 0.3 is 0 Å². The van der Waals surface area contributed by atoms with Gasteiger partial charge in [0.15, 0.2) is 0 Å². The number of benzene rings is 2. The third-order valence-corrected chi connectivity index (χ3v) is 5.24. The fraction of sp³-hybridized carbons (Fsp3) is 0.273. The second-order valence-corrected chi connectivity index (χ2v) is 7.28. The minimum Gasteiger partial charge on any atom is -0.393 e. The van der Waals surface area contributed by atoms with Crippen LogP contribution >= 0.6 is 0 Å². The number of nitriles is 1. The van der Waals surface area contributed by atoms with Crippen LogP contribution in [-0.4, -0.2) is 26.1 Å². The molecular formula is C22H21N3O2. The number of rotatable bonds is 3. The molecule has 2 N–H and O–H groups in total. The number of hydrogen-bond acceptors (Lipinski definition) is 4. The Balaban J connectivity index is 1.84. The summed E-state index contributed by atoms with van der Waals surface area (Å²) in [7, 11) is 0. The Labute approximate surface area is 158 Å². The molecule has 0 saturated heterocycles. The van der Waals surface area contributed by atoms with Crippen LogP contribution < -0.4 is 0 Å². The lowest BCUT2D eigenvalue weighted by Gasteiger charge is -2.19. The van der Waals surface area contributed by atoms with E-state index in [2.05, 4.69) is 6.07 Å². The van der Waals surface area contributed by atoms with Crippen molar-refractivity contribution >= 4 is 0 Å². The van der Waals surface area contributed by atoms with Gasteiger partial charge in [-0.05, 0) is 50.1 Å². The lowest BCUT2D eigenvalue weighted by atomic mass is 9.97. The molecule has 0 bridgehead atoms. The van der Waals surface area contributed by atoms with E-state index in [4.69, 9.17) is 10.4 Å². The molecule has 2 atom stereocenters. The fourth-order valence-electron chi connectivity index (χ4n) is 3.64. The standard InChI is InChI=1S/C22H21N3O2/c1-15-2-6-17(7-3-15)20-12-21(22(27)11-10-19(26)13-22)24-25(20)18-8-4-16(14-23)5-9-18/h2-9,12,19,26-27H,10-11,13H2,1H3/t19?,22-/m1/s1. The zero-order valence-corrected chi connectivity index (χ0v) is 15.1. The van der Waals surface area contributed by atoms with Crippen molar-refractivity contribution in [2.75, 3.05) is 0 Å². The second-order valence-electron chi connectivity index (χ2n) is 7.28. The number of aliphatic hydroxyl groups excluding tert-OH is 1. The highest BCUT2D eigenvalue weighted by Crippen LogP contribution is 2.40. The summed E-state index contributed by atoms with van der Waals surface area (Å²) < 4.78 is 1.80. The van der Waals surface area contributed by atoms with Crippen LogP contribution in [-0.2, 0) is 5.60 Å². The molecule has 1 saturated carbocycles. The number of aliphatic hydroxyl groups is 2. The molecule has 0 aliphatic heterocycles. The van der Waals surface area contributed by atoms with Crippen molar-refractivity contribution < 1.29 is 10.2 Å². The van der Waals surface area contributed by atoms with Crippen LogP contribution in [0.5, 0.6) is 0 Å². The summed E-state index contributed by atoms with van der Waals surface area (Å²) in [6.07, 6.45) is 0.856. The number of aryl methyl sites for hydroxylation is 1. The molecule has 2 aromatic carbocycles. The minimum absolute atomic E-state index is 0.296. The Morgan fingerprint density at radius 2 is 1.85 bits per heavy atom. The summed E-state index contributed by atoms with van der Waals surface area (Å²) in [5, 5.41) is 34.6. The molecule has 3 aromatic rings. The monoisotopic (exact) mass is 359 g/mol. The Morgan fingerprint density at radius 3 is 2.44 bits per heavy atom. The normalized spacial score (nSPS) is 21.9. The van der Waals surface area contributed by atoms with Gasteiger partial charge in [-0.3, -0.25) is 0 Å². The van der Waals surface area contributed by atoms with Crippen LogP contribution in [0.3, 0.4) is 0 Å². The molecule has 1 aliphatic carbocycles. The first-order valence-electron chi connectivity index (χ1n) is 9.07. The Bertz CT molecular complexity index is 1000. The van der Waals surface area contributed by atoms with Crippen molar-refractivity contribution in [3.63, 3.8) is 0 Å². The van der Waals surface area contributed by atoms with E-state index in [0.717, 1.165) is 16.9 Å². The molecule has 5 nitrogen and oxygen atoms in total. The van der Waals surface area contributed by atoms with Gasteiger partial charge in [0, 0.05) is 12.0 Å². The summed E-state index contributed by atoms with van der Waals surface area (Å²) >= 11 is 0. The van der Waals surface area contributed by atoms with E-state index in [-0.39, 0.29) is 0 Å². The van der Waals surface area contributed by atoms with Crippen molar-refractivity contribution in [1.82, 2.24) is 9.78 Å². The van der Waals surface area contributed by atoms with E-state index in [9.17, 15) is 10.2 Å². The van der Waals surface area contributed by atoms with Gasteiger partial charge in [-0.1, -0.05) is 29.8 Å². The molecule has 1 aromatic heterocycles. The van der Waals surface area contributed by atoms with Crippen molar-refractivity contribution in [2.24, 2.45) is 0 Å². The zero-order chi connectivity index (χ0) is 19.0. The fourth-order valence-corrected chi connectivity index (χ4v) is 3.64. The average molecular weight is 359 g/mol. The Kier molecular flexibility index (Phi) is 4.31. The van der Waals surface area contributed by atoms with E-state index in [1.165, 1.54) is 5.56 Å². The van der Waals surface area contributed by atoms with Crippen LogP contribution in [0.4, 0.5) is 0 Å². The highest BCUT2D eigenvalue weighted by atomic mass is 16.3.